The van der Waals surface area contributed by atoms with E-state index in [1.807, 2.05) is 0 Å². The minimum atomic E-state index is -2.70. The van der Waals surface area contributed by atoms with E-state index in [4.69, 9.17) is 5.73 Å². The number of hydrogen-bond acceptors (Lipinski definition) is 3. The third-order valence-electron chi connectivity index (χ3n) is 4.21. The van der Waals surface area contributed by atoms with E-state index >= 15 is 0 Å². The Balaban J connectivity index is 2.05. The summed E-state index contributed by atoms with van der Waals surface area (Å²) in [6.07, 6.45) is -1.42. The lowest BCUT2D eigenvalue weighted by atomic mass is 9.66. The summed E-state index contributed by atoms with van der Waals surface area (Å²) in [6, 6.07) is -1.07. The smallest absolute Gasteiger partial charge is 0.248 e. The van der Waals surface area contributed by atoms with Crippen molar-refractivity contribution in [1.29, 1.82) is 0 Å². The van der Waals surface area contributed by atoms with Gasteiger partial charge in [0.15, 0.2) is 0 Å². The maximum absolute atomic E-state index is 13.1. The molecule has 0 aromatic carbocycles. The average molecular weight is 276 g/mol. The number of likely N-dealkylation sites (tertiary alicyclic amines) is 1. The summed E-state index contributed by atoms with van der Waals surface area (Å²) in [5.41, 5.74) is 4.38. The fourth-order valence-electron chi connectivity index (χ4n) is 3.02. The van der Waals surface area contributed by atoms with Crippen LogP contribution in [0.5, 0.6) is 0 Å². The van der Waals surface area contributed by atoms with Crippen LogP contribution in [0.3, 0.4) is 0 Å². The third-order valence-corrected chi connectivity index (χ3v) is 4.21. The monoisotopic (exact) mass is 276 g/mol. The molecule has 5 nitrogen and oxygen atoms in total. The van der Waals surface area contributed by atoms with Gasteiger partial charge < -0.3 is 15.7 Å². The SMILES string of the molecule is C[C@@H](O)C(C(N)=O)N1CC2(CCC(F)(F)CC2)C1=O. The van der Waals surface area contributed by atoms with Crippen molar-refractivity contribution < 1.29 is 23.5 Å². The van der Waals surface area contributed by atoms with Gasteiger partial charge in [0.05, 0.1) is 11.5 Å². The predicted octanol–water partition coefficient (Wildman–Crippen LogP) is 0.259. The second-order valence-electron chi connectivity index (χ2n) is 5.66. The zero-order valence-electron chi connectivity index (χ0n) is 10.7. The van der Waals surface area contributed by atoms with Gasteiger partial charge in [0.25, 0.3) is 0 Å². The third kappa shape index (κ3) is 2.31. The zero-order chi connectivity index (χ0) is 14.4. The van der Waals surface area contributed by atoms with Crippen LogP contribution in [0.15, 0.2) is 0 Å². The molecule has 2 atom stereocenters. The molecular formula is C12H18F2N2O3. The molecule has 2 fully saturated rings. The molecule has 7 heteroatoms. The molecule has 0 aromatic rings. The van der Waals surface area contributed by atoms with Crippen LogP contribution in [0.1, 0.15) is 32.6 Å². The molecule has 0 aromatic heterocycles. The zero-order valence-corrected chi connectivity index (χ0v) is 10.7. The molecule has 0 bridgehead atoms. The topological polar surface area (TPSA) is 83.6 Å². The van der Waals surface area contributed by atoms with Crippen LogP contribution in [-0.4, -0.2) is 46.4 Å². The number of β-lactam (4-membered cyclic amide) rings is 1. The lowest BCUT2D eigenvalue weighted by Crippen LogP contribution is -2.69. The number of alkyl halides is 2. The Bertz CT molecular complexity index is 402. The Morgan fingerprint density at radius 3 is 2.26 bits per heavy atom. The first-order valence-electron chi connectivity index (χ1n) is 6.35. The Hall–Kier alpha value is -1.24. The molecule has 108 valence electrons. The molecule has 1 heterocycles. The fourth-order valence-corrected chi connectivity index (χ4v) is 3.02. The van der Waals surface area contributed by atoms with Gasteiger partial charge in [0.1, 0.15) is 6.04 Å². The van der Waals surface area contributed by atoms with Gasteiger partial charge in [-0.05, 0) is 19.8 Å². The molecule has 3 N–H and O–H groups in total. The maximum Gasteiger partial charge on any atom is 0.248 e. The van der Waals surface area contributed by atoms with E-state index < -0.39 is 29.4 Å². The lowest BCUT2D eigenvalue weighted by molar-refractivity contribution is -0.182. The van der Waals surface area contributed by atoms with Crippen molar-refractivity contribution in [3.8, 4) is 0 Å². The highest BCUT2D eigenvalue weighted by Gasteiger charge is 2.58. The summed E-state index contributed by atoms with van der Waals surface area (Å²) < 4.78 is 26.2. The highest BCUT2D eigenvalue weighted by atomic mass is 19.3. The van der Waals surface area contributed by atoms with Crippen molar-refractivity contribution in [3.05, 3.63) is 0 Å². The average Bonchev–Trinajstić information content (AvgIpc) is 2.29. The summed E-state index contributed by atoms with van der Waals surface area (Å²) in [7, 11) is 0. The number of aliphatic hydroxyl groups is 1. The van der Waals surface area contributed by atoms with Crippen molar-refractivity contribution in [1.82, 2.24) is 4.90 Å². The van der Waals surface area contributed by atoms with Gasteiger partial charge in [-0.2, -0.15) is 0 Å². The van der Waals surface area contributed by atoms with Crippen LogP contribution in [0.25, 0.3) is 0 Å². The van der Waals surface area contributed by atoms with E-state index in [1.54, 1.807) is 0 Å². The number of halogens is 2. The molecule has 1 unspecified atom stereocenters. The summed E-state index contributed by atoms with van der Waals surface area (Å²) in [5, 5.41) is 9.49. The summed E-state index contributed by atoms with van der Waals surface area (Å²) in [4.78, 5) is 24.6. The number of hydrogen-bond donors (Lipinski definition) is 2. The largest absolute Gasteiger partial charge is 0.391 e. The van der Waals surface area contributed by atoms with Gasteiger partial charge in [-0.15, -0.1) is 0 Å². The molecule has 1 spiro atoms. The van der Waals surface area contributed by atoms with Gasteiger partial charge >= 0.3 is 0 Å². The number of amides is 2. The number of carbonyl (C=O) groups excluding carboxylic acids is 2. The van der Waals surface area contributed by atoms with Gasteiger partial charge in [0.2, 0.25) is 17.7 Å². The standard InChI is InChI=1S/C12H18F2N2O3/c1-7(17)8(9(15)18)16-6-11(10(16)19)2-4-12(13,14)5-3-11/h7-8,17H,2-6H2,1H3,(H2,15,18)/t7-,8?/m1/s1. The minimum absolute atomic E-state index is 0.126. The summed E-state index contributed by atoms with van der Waals surface area (Å²) in [5.74, 6) is -3.81. The summed E-state index contributed by atoms with van der Waals surface area (Å²) >= 11 is 0. The van der Waals surface area contributed by atoms with Gasteiger partial charge in [-0.25, -0.2) is 8.78 Å². The second kappa shape index (κ2) is 4.40. The Kier molecular flexibility index (Phi) is 3.28. The van der Waals surface area contributed by atoms with Crippen LogP contribution in [0.4, 0.5) is 8.78 Å². The summed E-state index contributed by atoms with van der Waals surface area (Å²) in [6.45, 7) is 1.60. The first-order valence-corrected chi connectivity index (χ1v) is 6.35. The second-order valence-corrected chi connectivity index (χ2v) is 5.66. The first kappa shape index (κ1) is 14.2. The Morgan fingerprint density at radius 2 is 1.89 bits per heavy atom. The maximum atomic E-state index is 13.1. The van der Waals surface area contributed by atoms with Crippen LogP contribution < -0.4 is 5.73 Å². The van der Waals surface area contributed by atoms with E-state index in [0.717, 1.165) is 0 Å². The molecule has 1 aliphatic heterocycles. The number of rotatable bonds is 3. The minimum Gasteiger partial charge on any atom is -0.391 e. The fraction of sp³-hybridized carbons (Fsp3) is 0.833. The molecule has 1 saturated heterocycles. The van der Waals surface area contributed by atoms with E-state index in [1.165, 1.54) is 11.8 Å². The van der Waals surface area contributed by atoms with Gasteiger partial charge in [-0.1, -0.05) is 0 Å². The number of nitrogens with zero attached hydrogens (tertiary/aromatic N) is 1. The van der Waals surface area contributed by atoms with Gasteiger partial charge in [0, 0.05) is 19.4 Å². The molecule has 2 aliphatic rings. The molecule has 0 radical (unpaired) electrons. The molecule has 1 saturated carbocycles. The van der Waals surface area contributed by atoms with Crippen molar-refractivity contribution in [3.63, 3.8) is 0 Å². The van der Waals surface area contributed by atoms with E-state index in [0.29, 0.717) is 0 Å². The lowest BCUT2D eigenvalue weighted by Gasteiger charge is -2.54. The normalized spacial score (nSPS) is 27.8. The van der Waals surface area contributed by atoms with E-state index in [9.17, 15) is 23.5 Å². The van der Waals surface area contributed by atoms with Gasteiger partial charge in [-0.3, -0.25) is 9.59 Å². The van der Waals surface area contributed by atoms with Crippen molar-refractivity contribution in [2.75, 3.05) is 6.54 Å². The number of primary amides is 1. The molecule has 1 aliphatic carbocycles. The van der Waals surface area contributed by atoms with Crippen LogP contribution in [0, 0.1) is 5.41 Å². The highest BCUT2D eigenvalue weighted by Crippen LogP contribution is 2.50. The molecule has 2 amide bonds. The Morgan fingerprint density at radius 1 is 1.37 bits per heavy atom. The quantitative estimate of drug-likeness (QED) is 0.725. The van der Waals surface area contributed by atoms with Crippen LogP contribution >= 0.6 is 0 Å². The molecule has 19 heavy (non-hydrogen) atoms. The van der Waals surface area contributed by atoms with Crippen molar-refractivity contribution in [2.24, 2.45) is 11.1 Å². The van der Waals surface area contributed by atoms with E-state index in [2.05, 4.69) is 0 Å². The van der Waals surface area contributed by atoms with Crippen LogP contribution in [-0.2, 0) is 9.59 Å². The van der Waals surface area contributed by atoms with Crippen molar-refractivity contribution >= 4 is 11.8 Å². The number of carbonyl (C=O) groups is 2. The first-order chi connectivity index (χ1) is 8.68. The Labute approximate surface area is 109 Å². The molecular weight excluding hydrogens is 258 g/mol. The highest BCUT2D eigenvalue weighted by molar-refractivity contribution is 5.94. The number of nitrogens with two attached hydrogens (primary N) is 1. The molecule has 2 rings (SSSR count). The van der Waals surface area contributed by atoms with E-state index in [-0.39, 0.29) is 38.1 Å². The van der Waals surface area contributed by atoms with Crippen molar-refractivity contribution in [2.45, 2.75) is 50.7 Å². The van der Waals surface area contributed by atoms with Crippen LogP contribution in [0.2, 0.25) is 0 Å². The predicted molar refractivity (Wildman–Crippen MR) is 62.2 cm³/mol. The number of aliphatic hydroxyl groups excluding tert-OH is 1.